The third-order valence-corrected chi connectivity index (χ3v) is 3.11. The Morgan fingerprint density at radius 3 is 2.73 bits per heavy atom. The van der Waals surface area contributed by atoms with E-state index in [0.29, 0.717) is 6.42 Å². The maximum atomic E-state index is 11.7. The number of Topliss-reactive ketones (excluding diaryl/α,β-unsaturated/α-hetero) is 1. The SMILES string of the molecule is CCCC(N)C(=O)Cc1ccccc1Br. The van der Waals surface area contributed by atoms with E-state index in [0.717, 1.165) is 22.9 Å². The maximum absolute atomic E-state index is 11.7. The van der Waals surface area contributed by atoms with Gasteiger partial charge >= 0.3 is 0 Å². The van der Waals surface area contributed by atoms with E-state index >= 15 is 0 Å². The van der Waals surface area contributed by atoms with Gasteiger partial charge in [0.2, 0.25) is 0 Å². The monoisotopic (exact) mass is 269 g/mol. The van der Waals surface area contributed by atoms with Crippen molar-refractivity contribution >= 4 is 21.7 Å². The van der Waals surface area contributed by atoms with Crippen molar-refractivity contribution in [1.29, 1.82) is 0 Å². The van der Waals surface area contributed by atoms with Crippen molar-refractivity contribution in [2.24, 2.45) is 5.73 Å². The smallest absolute Gasteiger partial charge is 0.153 e. The number of halogens is 1. The third-order valence-electron chi connectivity index (χ3n) is 2.34. The third kappa shape index (κ3) is 3.76. The van der Waals surface area contributed by atoms with E-state index in [1.165, 1.54) is 0 Å². The van der Waals surface area contributed by atoms with Gasteiger partial charge in [0.1, 0.15) is 0 Å². The first-order valence-electron chi connectivity index (χ1n) is 5.16. The van der Waals surface area contributed by atoms with Gasteiger partial charge in [-0.15, -0.1) is 0 Å². The van der Waals surface area contributed by atoms with Crippen molar-refractivity contribution in [1.82, 2.24) is 0 Å². The molecule has 0 radical (unpaired) electrons. The standard InChI is InChI=1S/C12H16BrNO/c1-2-5-11(14)12(15)8-9-6-3-4-7-10(9)13/h3-4,6-7,11H,2,5,8,14H2,1H3. The fraction of sp³-hybridized carbons (Fsp3) is 0.417. The molecule has 2 nitrogen and oxygen atoms in total. The number of rotatable bonds is 5. The van der Waals surface area contributed by atoms with Crippen LogP contribution in [0.3, 0.4) is 0 Å². The van der Waals surface area contributed by atoms with Gasteiger partial charge in [-0.3, -0.25) is 4.79 Å². The van der Waals surface area contributed by atoms with Gasteiger partial charge in [-0.25, -0.2) is 0 Å². The zero-order valence-corrected chi connectivity index (χ0v) is 10.5. The highest BCUT2D eigenvalue weighted by Gasteiger charge is 2.13. The lowest BCUT2D eigenvalue weighted by Gasteiger charge is -2.09. The number of nitrogens with two attached hydrogens (primary N) is 1. The summed E-state index contributed by atoms with van der Waals surface area (Å²) in [7, 11) is 0. The van der Waals surface area contributed by atoms with Crippen LogP contribution < -0.4 is 5.73 Å². The Morgan fingerprint density at radius 2 is 2.13 bits per heavy atom. The molecule has 0 fully saturated rings. The lowest BCUT2D eigenvalue weighted by molar-refractivity contribution is -0.119. The molecule has 0 saturated carbocycles. The highest BCUT2D eigenvalue weighted by atomic mass is 79.9. The lowest BCUT2D eigenvalue weighted by Crippen LogP contribution is -2.31. The van der Waals surface area contributed by atoms with Crippen LogP contribution in [0.5, 0.6) is 0 Å². The Bertz CT molecular complexity index is 338. The number of carbonyl (C=O) groups excluding carboxylic acids is 1. The molecule has 3 heteroatoms. The molecule has 15 heavy (non-hydrogen) atoms. The quantitative estimate of drug-likeness (QED) is 0.893. The number of hydrogen-bond acceptors (Lipinski definition) is 2. The number of hydrogen-bond donors (Lipinski definition) is 1. The summed E-state index contributed by atoms with van der Waals surface area (Å²) in [6.07, 6.45) is 2.13. The van der Waals surface area contributed by atoms with E-state index in [1.807, 2.05) is 31.2 Å². The van der Waals surface area contributed by atoms with Gasteiger partial charge in [0.15, 0.2) is 5.78 Å². The summed E-state index contributed by atoms with van der Waals surface area (Å²) >= 11 is 3.42. The predicted molar refractivity (Wildman–Crippen MR) is 65.7 cm³/mol. The molecular formula is C12H16BrNO. The summed E-state index contributed by atoms with van der Waals surface area (Å²) in [5.74, 6) is 0.115. The summed E-state index contributed by atoms with van der Waals surface area (Å²) in [4.78, 5) is 11.7. The highest BCUT2D eigenvalue weighted by Crippen LogP contribution is 2.17. The van der Waals surface area contributed by atoms with Gasteiger partial charge in [0, 0.05) is 10.9 Å². The first kappa shape index (κ1) is 12.4. The molecule has 1 aromatic rings. The van der Waals surface area contributed by atoms with E-state index < -0.39 is 0 Å². The zero-order chi connectivity index (χ0) is 11.3. The van der Waals surface area contributed by atoms with Crippen LogP contribution in [0.1, 0.15) is 25.3 Å². The van der Waals surface area contributed by atoms with Gasteiger partial charge in [-0.2, -0.15) is 0 Å². The fourth-order valence-corrected chi connectivity index (χ4v) is 1.86. The van der Waals surface area contributed by atoms with Crippen molar-refractivity contribution in [2.45, 2.75) is 32.2 Å². The molecule has 0 aromatic heterocycles. The average Bonchev–Trinajstić information content (AvgIpc) is 2.21. The van der Waals surface area contributed by atoms with Crippen LogP contribution in [0.15, 0.2) is 28.7 Å². The second-order valence-corrected chi connectivity index (χ2v) is 4.48. The van der Waals surface area contributed by atoms with E-state index in [2.05, 4.69) is 15.9 Å². The Hall–Kier alpha value is -0.670. The predicted octanol–water partition coefficient (Wildman–Crippen LogP) is 2.69. The molecule has 0 amide bonds. The van der Waals surface area contributed by atoms with Crippen molar-refractivity contribution in [3.8, 4) is 0 Å². The zero-order valence-electron chi connectivity index (χ0n) is 8.87. The molecule has 0 bridgehead atoms. The van der Waals surface area contributed by atoms with Crippen LogP contribution in [0, 0.1) is 0 Å². The molecule has 1 aromatic carbocycles. The molecule has 1 unspecified atom stereocenters. The topological polar surface area (TPSA) is 43.1 Å². The first-order valence-corrected chi connectivity index (χ1v) is 5.96. The summed E-state index contributed by atoms with van der Waals surface area (Å²) < 4.78 is 0.974. The molecule has 0 aliphatic rings. The van der Waals surface area contributed by atoms with Crippen molar-refractivity contribution in [3.63, 3.8) is 0 Å². The Morgan fingerprint density at radius 1 is 1.47 bits per heavy atom. The largest absolute Gasteiger partial charge is 0.321 e. The molecule has 1 rings (SSSR count). The van der Waals surface area contributed by atoms with Crippen LogP contribution in [-0.2, 0) is 11.2 Å². The van der Waals surface area contributed by atoms with Crippen LogP contribution in [0.4, 0.5) is 0 Å². The van der Waals surface area contributed by atoms with Gasteiger partial charge in [0.05, 0.1) is 6.04 Å². The molecular weight excluding hydrogens is 254 g/mol. The minimum atomic E-state index is -0.317. The van der Waals surface area contributed by atoms with Gasteiger partial charge in [0.25, 0.3) is 0 Å². The molecule has 0 spiro atoms. The van der Waals surface area contributed by atoms with E-state index in [4.69, 9.17) is 5.73 Å². The van der Waals surface area contributed by atoms with Gasteiger partial charge < -0.3 is 5.73 Å². The van der Waals surface area contributed by atoms with Crippen molar-refractivity contribution in [3.05, 3.63) is 34.3 Å². The summed E-state index contributed by atoms with van der Waals surface area (Å²) in [5.41, 5.74) is 6.77. The Kier molecular flexibility index (Phi) is 4.99. The van der Waals surface area contributed by atoms with Crippen LogP contribution in [0.2, 0.25) is 0 Å². The second-order valence-electron chi connectivity index (χ2n) is 3.63. The molecule has 0 heterocycles. The number of carbonyl (C=O) groups is 1. The van der Waals surface area contributed by atoms with Gasteiger partial charge in [-0.1, -0.05) is 47.5 Å². The molecule has 82 valence electrons. The second kappa shape index (κ2) is 6.03. The lowest BCUT2D eigenvalue weighted by atomic mass is 10.0. The normalized spacial score (nSPS) is 12.5. The average molecular weight is 270 g/mol. The fourth-order valence-electron chi connectivity index (χ4n) is 1.43. The van der Waals surface area contributed by atoms with E-state index in [9.17, 15) is 4.79 Å². The van der Waals surface area contributed by atoms with Crippen LogP contribution in [-0.4, -0.2) is 11.8 Å². The Labute approximate surface area is 99.0 Å². The molecule has 0 aliphatic carbocycles. The van der Waals surface area contributed by atoms with Crippen molar-refractivity contribution < 1.29 is 4.79 Å². The summed E-state index contributed by atoms with van der Waals surface area (Å²) in [6, 6.07) is 7.43. The molecule has 0 aliphatic heterocycles. The Balaban J connectivity index is 2.62. The van der Waals surface area contributed by atoms with Gasteiger partial charge in [-0.05, 0) is 18.1 Å². The first-order chi connectivity index (χ1) is 7.15. The molecule has 1 atom stereocenters. The van der Waals surface area contributed by atoms with E-state index in [-0.39, 0.29) is 11.8 Å². The van der Waals surface area contributed by atoms with Crippen LogP contribution in [0.25, 0.3) is 0 Å². The highest BCUT2D eigenvalue weighted by molar-refractivity contribution is 9.10. The van der Waals surface area contributed by atoms with E-state index in [1.54, 1.807) is 0 Å². The van der Waals surface area contributed by atoms with Crippen molar-refractivity contribution in [2.75, 3.05) is 0 Å². The van der Waals surface area contributed by atoms with Crippen LogP contribution >= 0.6 is 15.9 Å². The molecule has 2 N–H and O–H groups in total. The maximum Gasteiger partial charge on any atom is 0.153 e. The molecule has 0 saturated heterocycles. The number of benzene rings is 1. The number of ketones is 1. The minimum absolute atomic E-state index is 0.115. The summed E-state index contributed by atoms with van der Waals surface area (Å²) in [5, 5.41) is 0. The summed E-state index contributed by atoms with van der Waals surface area (Å²) in [6.45, 7) is 2.03. The minimum Gasteiger partial charge on any atom is -0.321 e.